The lowest BCUT2D eigenvalue weighted by atomic mass is 10.00. The maximum absolute atomic E-state index is 13.5. The molecule has 0 aliphatic carbocycles. The molecule has 38 heavy (non-hydrogen) atoms. The van der Waals surface area contributed by atoms with Crippen LogP contribution < -0.4 is 0 Å². The zero-order valence-corrected chi connectivity index (χ0v) is 21.2. The molecule has 0 aliphatic rings. The fourth-order valence-electron chi connectivity index (χ4n) is 4.58. The summed E-state index contributed by atoms with van der Waals surface area (Å²) < 4.78 is 20.3. The molecule has 3 aromatic carbocycles. The van der Waals surface area contributed by atoms with Crippen molar-refractivity contribution in [2.75, 3.05) is 6.61 Å². The lowest BCUT2D eigenvalue weighted by Gasteiger charge is -2.15. The number of aryl methyl sites for hydroxylation is 2. The zero-order chi connectivity index (χ0) is 27.0. The van der Waals surface area contributed by atoms with E-state index in [4.69, 9.17) is 14.8 Å². The highest BCUT2D eigenvalue weighted by atomic mass is 19.1. The first-order chi connectivity index (χ1) is 18.2. The van der Waals surface area contributed by atoms with E-state index in [0.29, 0.717) is 45.0 Å². The fourth-order valence-corrected chi connectivity index (χ4v) is 4.58. The van der Waals surface area contributed by atoms with Gasteiger partial charge in [0.05, 0.1) is 24.4 Å². The number of halogens is 1. The number of phenolic OH excluding ortho intramolecular Hbond substituents is 2. The van der Waals surface area contributed by atoms with Gasteiger partial charge >= 0.3 is 5.97 Å². The molecule has 0 spiro atoms. The van der Waals surface area contributed by atoms with Crippen molar-refractivity contribution >= 4 is 11.6 Å². The van der Waals surface area contributed by atoms with E-state index in [1.165, 1.54) is 12.1 Å². The van der Waals surface area contributed by atoms with Crippen LogP contribution in [0.4, 0.5) is 4.39 Å². The molecule has 0 aliphatic heterocycles. The predicted molar refractivity (Wildman–Crippen MR) is 142 cm³/mol. The van der Waals surface area contributed by atoms with Gasteiger partial charge in [0.15, 0.2) is 5.65 Å². The van der Waals surface area contributed by atoms with Gasteiger partial charge in [-0.2, -0.15) is 5.10 Å². The van der Waals surface area contributed by atoms with E-state index in [9.17, 15) is 19.4 Å². The standard InChI is InChI=1S/C30H26FN3O4/c1-4-38-29(37)15-24-18(3)32-28-16-25(33-34(28)30(24)23-10-8-17(2)12-26(23)35)20-7-5-6-19(13-20)22-11-9-21(31)14-27(22)36/h5-14,16,35-36H,4,15H2,1-3H3. The maximum Gasteiger partial charge on any atom is 0.310 e. The third-order valence-electron chi connectivity index (χ3n) is 6.37. The predicted octanol–water partition coefficient (Wildman–Crippen LogP) is 6.00. The second-order valence-electron chi connectivity index (χ2n) is 9.07. The van der Waals surface area contributed by atoms with Crippen LogP contribution >= 0.6 is 0 Å². The maximum atomic E-state index is 13.5. The van der Waals surface area contributed by atoms with Crippen LogP contribution in [0.1, 0.15) is 23.7 Å². The number of rotatable bonds is 6. The highest BCUT2D eigenvalue weighted by Gasteiger charge is 2.22. The summed E-state index contributed by atoms with van der Waals surface area (Å²) in [5.74, 6) is -1.01. The molecule has 2 heterocycles. The van der Waals surface area contributed by atoms with Gasteiger partial charge in [-0.15, -0.1) is 0 Å². The van der Waals surface area contributed by atoms with E-state index in [2.05, 4.69) is 0 Å². The summed E-state index contributed by atoms with van der Waals surface area (Å²) in [5.41, 5.74) is 6.26. The van der Waals surface area contributed by atoms with Crippen LogP contribution in [0, 0.1) is 19.7 Å². The Morgan fingerprint density at radius 3 is 2.42 bits per heavy atom. The number of hydrogen-bond donors (Lipinski definition) is 2. The molecule has 5 rings (SSSR count). The normalized spacial score (nSPS) is 11.2. The second kappa shape index (κ2) is 9.97. The van der Waals surface area contributed by atoms with Crippen LogP contribution in [-0.4, -0.2) is 37.4 Å². The molecule has 0 radical (unpaired) electrons. The highest BCUT2D eigenvalue weighted by Crippen LogP contribution is 2.36. The van der Waals surface area contributed by atoms with Crippen molar-refractivity contribution in [2.24, 2.45) is 0 Å². The van der Waals surface area contributed by atoms with Gasteiger partial charge in [-0.3, -0.25) is 4.79 Å². The quantitative estimate of drug-likeness (QED) is 0.271. The third-order valence-corrected chi connectivity index (χ3v) is 6.37. The first kappa shape index (κ1) is 25.0. The number of hydrogen-bond acceptors (Lipinski definition) is 6. The fraction of sp³-hybridized carbons (Fsp3) is 0.167. The van der Waals surface area contributed by atoms with Crippen LogP contribution in [0.25, 0.3) is 39.3 Å². The summed E-state index contributed by atoms with van der Waals surface area (Å²) in [6.45, 7) is 5.70. The van der Waals surface area contributed by atoms with Gasteiger partial charge in [-0.25, -0.2) is 13.9 Å². The number of aromatic hydroxyl groups is 2. The van der Waals surface area contributed by atoms with E-state index in [0.717, 1.165) is 17.2 Å². The van der Waals surface area contributed by atoms with Crippen molar-refractivity contribution in [3.05, 3.63) is 89.4 Å². The molecule has 0 fully saturated rings. The summed E-state index contributed by atoms with van der Waals surface area (Å²) in [6, 6.07) is 18.4. The minimum atomic E-state index is -0.519. The molecular weight excluding hydrogens is 485 g/mol. The molecule has 0 saturated heterocycles. The van der Waals surface area contributed by atoms with Crippen molar-refractivity contribution in [3.63, 3.8) is 0 Å². The molecule has 2 aromatic heterocycles. The molecule has 0 amide bonds. The van der Waals surface area contributed by atoms with Crippen molar-refractivity contribution in [2.45, 2.75) is 27.2 Å². The SMILES string of the molecule is CCOC(=O)Cc1c(C)nc2cc(-c3cccc(-c4ccc(F)cc4O)c3)nn2c1-c1ccc(C)cc1O. The number of ether oxygens (including phenoxy) is 1. The van der Waals surface area contributed by atoms with E-state index in [1.54, 1.807) is 23.6 Å². The van der Waals surface area contributed by atoms with Gasteiger partial charge in [-0.05, 0) is 62.2 Å². The Morgan fingerprint density at radius 1 is 0.947 bits per heavy atom. The molecule has 8 heteroatoms. The summed E-state index contributed by atoms with van der Waals surface area (Å²) in [6.07, 6.45) is -0.0280. The number of benzene rings is 3. The number of carbonyl (C=O) groups excluding carboxylic acids is 1. The molecule has 2 N–H and O–H groups in total. The van der Waals surface area contributed by atoms with Crippen LogP contribution in [-0.2, 0) is 16.0 Å². The number of esters is 1. The lowest BCUT2D eigenvalue weighted by Crippen LogP contribution is -2.13. The molecule has 5 aromatic rings. The molecule has 7 nitrogen and oxygen atoms in total. The van der Waals surface area contributed by atoms with Crippen LogP contribution in [0.3, 0.4) is 0 Å². The van der Waals surface area contributed by atoms with Gasteiger partial charge < -0.3 is 14.9 Å². The van der Waals surface area contributed by atoms with Gasteiger partial charge in [0, 0.05) is 40.1 Å². The van der Waals surface area contributed by atoms with E-state index in [-0.39, 0.29) is 24.5 Å². The number of carbonyl (C=O) groups is 1. The molecular formula is C30H26FN3O4. The van der Waals surface area contributed by atoms with E-state index < -0.39 is 11.8 Å². The summed E-state index contributed by atoms with van der Waals surface area (Å²) in [5, 5.41) is 25.9. The average molecular weight is 512 g/mol. The number of phenols is 2. The molecule has 0 atom stereocenters. The minimum Gasteiger partial charge on any atom is -0.507 e. The Balaban J connectivity index is 1.70. The van der Waals surface area contributed by atoms with Gasteiger partial charge in [0.2, 0.25) is 0 Å². The topological polar surface area (TPSA) is 97.0 Å². The van der Waals surface area contributed by atoms with E-state index >= 15 is 0 Å². The molecule has 0 unspecified atom stereocenters. The largest absolute Gasteiger partial charge is 0.507 e. The number of nitrogens with zero attached hydrogens (tertiary/aromatic N) is 3. The first-order valence-corrected chi connectivity index (χ1v) is 12.2. The zero-order valence-electron chi connectivity index (χ0n) is 21.2. The highest BCUT2D eigenvalue weighted by molar-refractivity contribution is 5.81. The van der Waals surface area contributed by atoms with Crippen LogP contribution in [0.2, 0.25) is 0 Å². The Kier molecular flexibility index (Phi) is 6.55. The van der Waals surface area contributed by atoms with E-state index in [1.807, 2.05) is 50.2 Å². The second-order valence-corrected chi connectivity index (χ2v) is 9.07. The smallest absolute Gasteiger partial charge is 0.310 e. The van der Waals surface area contributed by atoms with Crippen molar-refractivity contribution < 1.29 is 24.1 Å². The van der Waals surface area contributed by atoms with Crippen LogP contribution in [0.15, 0.2) is 66.7 Å². The third kappa shape index (κ3) is 4.68. The monoisotopic (exact) mass is 511 g/mol. The Hall–Kier alpha value is -4.72. The molecule has 192 valence electrons. The minimum absolute atomic E-state index is 0.0280. The van der Waals surface area contributed by atoms with Crippen molar-refractivity contribution in [3.8, 4) is 45.1 Å². The number of aromatic nitrogens is 3. The summed E-state index contributed by atoms with van der Waals surface area (Å²) >= 11 is 0. The van der Waals surface area contributed by atoms with Gasteiger partial charge in [0.25, 0.3) is 0 Å². The van der Waals surface area contributed by atoms with Crippen LogP contribution in [0.5, 0.6) is 11.5 Å². The lowest BCUT2D eigenvalue weighted by molar-refractivity contribution is -0.142. The Morgan fingerprint density at radius 2 is 1.68 bits per heavy atom. The Bertz CT molecular complexity index is 1690. The van der Waals surface area contributed by atoms with Crippen molar-refractivity contribution in [1.29, 1.82) is 0 Å². The van der Waals surface area contributed by atoms with Gasteiger partial charge in [0.1, 0.15) is 17.3 Å². The summed E-state index contributed by atoms with van der Waals surface area (Å²) in [7, 11) is 0. The van der Waals surface area contributed by atoms with Crippen molar-refractivity contribution in [1.82, 2.24) is 14.6 Å². The first-order valence-electron chi connectivity index (χ1n) is 12.2. The Labute approximate surface area is 218 Å². The molecule has 0 bridgehead atoms. The van der Waals surface area contributed by atoms with Gasteiger partial charge in [-0.1, -0.05) is 24.3 Å². The average Bonchev–Trinajstić information content (AvgIpc) is 3.29. The summed E-state index contributed by atoms with van der Waals surface area (Å²) in [4.78, 5) is 17.2. The molecule has 0 saturated carbocycles. The number of fused-ring (bicyclic) bond motifs is 1.